The minimum Gasteiger partial charge on any atom is -0.465 e. The number of fused-ring (bicyclic) bond motifs is 2. The van der Waals surface area contributed by atoms with Gasteiger partial charge in [-0.3, -0.25) is 9.59 Å². The van der Waals surface area contributed by atoms with Gasteiger partial charge in [0.25, 0.3) is 0 Å². The molecule has 0 aromatic carbocycles. The summed E-state index contributed by atoms with van der Waals surface area (Å²) in [5, 5.41) is 0. The average molecular weight is 631 g/mol. The zero-order valence-corrected chi connectivity index (χ0v) is 27.6. The van der Waals surface area contributed by atoms with Crippen LogP contribution in [0.1, 0.15) is 81.1 Å². The summed E-state index contributed by atoms with van der Waals surface area (Å²) >= 11 is 0. The highest BCUT2D eigenvalue weighted by Gasteiger charge is 2.77. The smallest absolute Gasteiger partial charge is 0.333 e. The van der Waals surface area contributed by atoms with E-state index < -0.39 is 70.5 Å². The van der Waals surface area contributed by atoms with Crippen molar-refractivity contribution >= 4 is 29.8 Å². The molecule has 0 N–H and O–H groups in total. The highest BCUT2D eigenvalue weighted by molar-refractivity contribution is 5.89. The van der Waals surface area contributed by atoms with Crippen LogP contribution in [0.25, 0.3) is 0 Å². The van der Waals surface area contributed by atoms with Crippen LogP contribution < -0.4 is 0 Å². The SMILES string of the molecule is CC=C(C)C(=O)O[C@@H](C[C@@]1(C)[C@H](C)C[C@H](OC(C)=O)[C@]2(COC(C)=O)[C@@H]1[C@H](OC(=O)C(C)=CC)CC[C@]21CO1)C1=CC(=O)OC1. The molecule has 2 aliphatic heterocycles. The van der Waals surface area contributed by atoms with Gasteiger partial charge in [0.2, 0.25) is 0 Å². The number of hydrogen-bond donors (Lipinski definition) is 0. The van der Waals surface area contributed by atoms with Crippen molar-refractivity contribution in [2.75, 3.05) is 19.8 Å². The number of hydrogen-bond acceptors (Lipinski definition) is 11. The third-order valence-electron chi connectivity index (χ3n) is 10.6. The number of epoxide rings is 1. The summed E-state index contributed by atoms with van der Waals surface area (Å²) in [5.74, 6) is -3.29. The molecule has 2 saturated carbocycles. The largest absolute Gasteiger partial charge is 0.465 e. The Balaban J connectivity index is 1.91. The molecule has 1 spiro atoms. The molecule has 0 unspecified atom stereocenters. The summed E-state index contributed by atoms with van der Waals surface area (Å²) in [6, 6.07) is 0. The third-order valence-corrected chi connectivity index (χ3v) is 10.6. The maximum absolute atomic E-state index is 13.3. The average Bonchev–Trinajstić information content (AvgIpc) is 3.64. The monoisotopic (exact) mass is 630 g/mol. The van der Waals surface area contributed by atoms with Crippen molar-refractivity contribution < 1.29 is 52.4 Å². The highest BCUT2D eigenvalue weighted by Crippen LogP contribution is 2.70. The van der Waals surface area contributed by atoms with Gasteiger partial charge in [-0.1, -0.05) is 26.0 Å². The van der Waals surface area contributed by atoms with E-state index >= 15 is 0 Å². The zero-order chi connectivity index (χ0) is 33.3. The molecule has 8 atom stereocenters. The van der Waals surface area contributed by atoms with Crippen LogP contribution in [0.4, 0.5) is 0 Å². The molecule has 11 heteroatoms. The van der Waals surface area contributed by atoms with Crippen LogP contribution in [-0.4, -0.2) is 73.6 Å². The van der Waals surface area contributed by atoms with Crippen LogP contribution in [0.15, 0.2) is 34.9 Å². The first-order valence-electron chi connectivity index (χ1n) is 15.6. The molecule has 0 radical (unpaired) electrons. The van der Waals surface area contributed by atoms with Gasteiger partial charge < -0.3 is 28.4 Å². The van der Waals surface area contributed by atoms with E-state index in [9.17, 15) is 24.0 Å². The van der Waals surface area contributed by atoms with Gasteiger partial charge >= 0.3 is 29.8 Å². The van der Waals surface area contributed by atoms with Gasteiger partial charge in [0, 0.05) is 42.6 Å². The number of allylic oxidation sites excluding steroid dienone is 2. The fourth-order valence-electron chi connectivity index (χ4n) is 7.76. The minimum absolute atomic E-state index is 0.0264. The van der Waals surface area contributed by atoms with E-state index in [1.807, 2.05) is 13.8 Å². The van der Waals surface area contributed by atoms with Crippen LogP contribution in [0.5, 0.6) is 0 Å². The summed E-state index contributed by atoms with van der Waals surface area (Å²) in [6.45, 7) is 13.7. The Morgan fingerprint density at radius 3 is 2.20 bits per heavy atom. The maximum Gasteiger partial charge on any atom is 0.333 e. The molecule has 0 aromatic rings. The fraction of sp³-hybridized carbons (Fsp3) is 0.676. The Bertz CT molecular complexity index is 1320. The first-order valence-corrected chi connectivity index (χ1v) is 15.6. The Labute approximate surface area is 264 Å². The van der Waals surface area contributed by atoms with E-state index in [1.165, 1.54) is 19.9 Å². The van der Waals surface area contributed by atoms with Gasteiger partial charge in [-0.2, -0.15) is 0 Å². The Hall–Kier alpha value is -3.47. The van der Waals surface area contributed by atoms with E-state index in [-0.39, 0.29) is 25.6 Å². The van der Waals surface area contributed by atoms with Crippen molar-refractivity contribution in [3.05, 3.63) is 34.9 Å². The van der Waals surface area contributed by atoms with Gasteiger partial charge in [-0.25, -0.2) is 14.4 Å². The summed E-state index contributed by atoms with van der Waals surface area (Å²) in [5.41, 5.74) is -1.32. The van der Waals surface area contributed by atoms with Gasteiger partial charge in [-0.05, 0) is 64.7 Å². The molecule has 0 aromatic heterocycles. The zero-order valence-electron chi connectivity index (χ0n) is 27.6. The molecule has 4 aliphatic rings. The molecule has 0 amide bonds. The van der Waals surface area contributed by atoms with Gasteiger partial charge in [-0.15, -0.1) is 0 Å². The fourth-order valence-corrected chi connectivity index (χ4v) is 7.76. The molecule has 0 bridgehead atoms. The van der Waals surface area contributed by atoms with E-state index in [4.69, 9.17) is 28.4 Å². The Morgan fingerprint density at radius 2 is 1.67 bits per heavy atom. The Kier molecular flexibility index (Phi) is 10.0. The maximum atomic E-state index is 13.3. The first-order chi connectivity index (χ1) is 21.1. The lowest BCUT2D eigenvalue weighted by molar-refractivity contribution is -0.258. The lowest BCUT2D eigenvalue weighted by atomic mass is 9.42. The molecule has 11 nitrogen and oxygen atoms in total. The molecule has 3 fully saturated rings. The topological polar surface area (TPSA) is 144 Å². The number of cyclic esters (lactones) is 1. The van der Waals surface area contributed by atoms with Crippen molar-refractivity contribution in [2.24, 2.45) is 22.7 Å². The number of esters is 5. The van der Waals surface area contributed by atoms with Crippen LogP contribution in [-0.2, 0) is 52.4 Å². The van der Waals surface area contributed by atoms with Crippen molar-refractivity contribution in [3.63, 3.8) is 0 Å². The number of carbonyl (C=O) groups is 5. The van der Waals surface area contributed by atoms with Crippen LogP contribution in [0, 0.1) is 22.7 Å². The van der Waals surface area contributed by atoms with Crippen LogP contribution in [0.3, 0.4) is 0 Å². The second-order valence-corrected chi connectivity index (χ2v) is 13.2. The molecular formula is C34H46O11. The molecule has 248 valence electrons. The molecule has 2 aliphatic carbocycles. The van der Waals surface area contributed by atoms with E-state index in [0.717, 1.165) is 0 Å². The van der Waals surface area contributed by atoms with Crippen molar-refractivity contribution in [3.8, 4) is 0 Å². The quantitative estimate of drug-likeness (QED) is 0.147. The second kappa shape index (κ2) is 13.1. The van der Waals surface area contributed by atoms with Crippen LogP contribution >= 0.6 is 0 Å². The van der Waals surface area contributed by atoms with Crippen molar-refractivity contribution in [1.82, 2.24) is 0 Å². The predicted molar refractivity (Wildman–Crippen MR) is 160 cm³/mol. The van der Waals surface area contributed by atoms with E-state index in [1.54, 1.807) is 39.8 Å². The lowest BCUT2D eigenvalue weighted by Crippen LogP contribution is -2.71. The van der Waals surface area contributed by atoms with Crippen LogP contribution in [0.2, 0.25) is 0 Å². The predicted octanol–water partition coefficient (Wildman–Crippen LogP) is 4.32. The van der Waals surface area contributed by atoms with E-state index in [0.29, 0.717) is 42.6 Å². The third kappa shape index (κ3) is 6.46. The lowest BCUT2D eigenvalue weighted by Gasteiger charge is -2.64. The first kappa shape index (κ1) is 34.4. The summed E-state index contributed by atoms with van der Waals surface area (Å²) in [6.07, 6.45) is 3.98. The normalized spacial score (nSPS) is 35.0. The molecule has 45 heavy (non-hydrogen) atoms. The summed E-state index contributed by atoms with van der Waals surface area (Å²) < 4.78 is 35.6. The standard InChI is InChI=1S/C34H46O11/c1-9-19(3)30(38)44-25-11-12-33(17-42-33)34(18-41-22(6)35)27(43-23(7)36)13-21(5)32(8,29(25)34)15-26(24-14-28(37)40-16-24)45-31(39)20(4)10-2/h9-10,14,21,25-27,29H,11-13,15-18H2,1-8H3/t21-,25-,26+,27+,29-,32+,33+,34-/m1/s1. The van der Waals surface area contributed by atoms with Crippen molar-refractivity contribution in [2.45, 2.75) is 105 Å². The second-order valence-electron chi connectivity index (χ2n) is 13.2. The summed E-state index contributed by atoms with van der Waals surface area (Å²) in [4.78, 5) is 63.5. The van der Waals surface area contributed by atoms with Gasteiger partial charge in [0.15, 0.2) is 0 Å². The number of ether oxygens (including phenoxy) is 6. The van der Waals surface area contributed by atoms with E-state index in [2.05, 4.69) is 0 Å². The minimum atomic E-state index is -1.09. The van der Waals surface area contributed by atoms with Gasteiger partial charge in [0.1, 0.15) is 37.1 Å². The molecule has 2 heterocycles. The Morgan fingerprint density at radius 1 is 1.02 bits per heavy atom. The van der Waals surface area contributed by atoms with Gasteiger partial charge in [0.05, 0.1) is 12.0 Å². The molecule has 4 rings (SSSR count). The summed E-state index contributed by atoms with van der Waals surface area (Å²) in [7, 11) is 0. The number of rotatable bonds is 10. The molecular weight excluding hydrogens is 584 g/mol. The molecule has 1 saturated heterocycles. The number of carbonyl (C=O) groups excluding carboxylic acids is 5. The van der Waals surface area contributed by atoms with Crippen molar-refractivity contribution in [1.29, 1.82) is 0 Å². The highest BCUT2D eigenvalue weighted by atomic mass is 16.6.